The summed E-state index contributed by atoms with van der Waals surface area (Å²) in [6.07, 6.45) is 0.636. The molecule has 0 atom stereocenters. The van der Waals surface area contributed by atoms with E-state index in [1.165, 1.54) is 0 Å². The number of halogens is 1. The van der Waals surface area contributed by atoms with Crippen molar-refractivity contribution < 1.29 is 4.79 Å². The zero-order valence-corrected chi connectivity index (χ0v) is 5.12. The van der Waals surface area contributed by atoms with Gasteiger partial charge >= 0.3 is 0 Å². The third-order valence-electron chi connectivity index (χ3n) is 0.581. The van der Waals surface area contributed by atoms with E-state index in [1.807, 2.05) is 0 Å². The van der Waals surface area contributed by atoms with Crippen molar-refractivity contribution in [1.29, 1.82) is 0 Å². The zero-order chi connectivity index (χ0) is 5.86. The quantitative estimate of drug-likeness (QED) is 0.379. The Labute approximate surface area is 48.0 Å². The Morgan fingerprint density at radius 3 is 2.00 bits per heavy atom. The average molecular weight is 119 g/mol. The van der Waals surface area contributed by atoms with Gasteiger partial charge in [-0.05, 0) is 13.8 Å². The van der Waals surface area contributed by atoms with Crippen molar-refractivity contribution in [2.45, 2.75) is 13.8 Å². The van der Waals surface area contributed by atoms with Gasteiger partial charge in [0.1, 0.15) is 0 Å². The molecule has 1 nitrogen and oxygen atoms in total. The molecule has 0 rings (SSSR count). The first-order valence-electron chi connectivity index (χ1n) is 1.96. The molecule has 0 aliphatic carbocycles. The number of rotatable bonds is 1. The molecule has 0 unspecified atom stereocenters. The van der Waals surface area contributed by atoms with Crippen LogP contribution in [0.5, 0.6) is 0 Å². The second-order valence-electron chi connectivity index (χ2n) is 1.47. The maximum absolute atomic E-state index is 9.76. The van der Waals surface area contributed by atoms with Crippen molar-refractivity contribution in [2.75, 3.05) is 0 Å². The van der Waals surface area contributed by atoms with Gasteiger partial charge < -0.3 is 0 Å². The van der Waals surface area contributed by atoms with Crippen LogP contribution in [0.1, 0.15) is 13.8 Å². The van der Waals surface area contributed by atoms with Crippen LogP contribution in [0.15, 0.2) is 10.6 Å². The first kappa shape index (κ1) is 6.70. The number of hydrogen-bond donors (Lipinski definition) is 0. The van der Waals surface area contributed by atoms with Crippen molar-refractivity contribution in [1.82, 2.24) is 0 Å². The molecule has 0 N–H and O–H groups in total. The molecule has 0 saturated heterocycles. The normalized spacial score (nSPS) is 7.86. The van der Waals surface area contributed by atoms with Gasteiger partial charge in [-0.1, -0.05) is 17.2 Å². The molecule has 0 saturated carbocycles. The van der Waals surface area contributed by atoms with Gasteiger partial charge in [-0.2, -0.15) is 0 Å². The molecule has 40 valence electrons. The summed E-state index contributed by atoms with van der Waals surface area (Å²) in [6, 6.07) is 0. The zero-order valence-electron chi connectivity index (χ0n) is 4.36. The largest absolute Gasteiger partial charge is 0.297 e. The third-order valence-corrected chi connectivity index (χ3v) is 1.05. The Hall–Kier alpha value is -0.300. The van der Waals surface area contributed by atoms with Crippen molar-refractivity contribution in [2.24, 2.45) is 0 Å². The predicted octanol–water partition coefficient (Wildman–Crippen LogP) is 1.72. The minimum atomic E-state index is 0.306. The fourth-order valence-electron chi connectivity index (χ4n) is 0.118. The van der Waals surface area contributed by atoms with Gasteiger partial charge in [0.15, 0.2) is 6.29 Å². The molecule has 0 aliphatic rings. The van der Waals surface area contributed by atoms with Crippen LogP contribution in [0.4, 0.5) is 0 Å². The fourth-order valence-corrected chi connectivity index (χ4v) is 0.118. The molecule has 0 aliphatic heterocycles. The van der Waals surface area contributed by atoms with Crippen LogP contribution in [0.25, 0.3) is 0 Å². The fraction of sp³-hybridized carbons (Fsp3) is 0.400. The summed E-state index contributed by atoms with van der Waals surface area (Å²) < 4.78 is 0. The van der Waals surface area contributed by atoms with Crippen molar-refractivity contribution >= 4 is 17.9 Å². The number of aldehydes is 1. The highest BCUT2D eigenvalue weighted by Gasteiger charge is 1.86. The topological polar surface area (TPSA) is 17.1 Å². The molecular weight excluding hydrogens is 112 g/mol. The van der Waals surface area contributed by atoms with E-state index < -0.39 is 0 Å². The second kappa shape index (κ2) is 2.80. The Morgan fingerprint density at radius 1 is 1.57 bits per heavy atom. The summed E-state index contributed by atoms with van der Waals surface area (Å²) in [5.74, 6) is 0. The number of hydrogen-bond acceptors (Lipinski definition) is 1. The van der Waals surface area contributed by atoms with E-state index in [-0.39, 0.29) is 0 Å². The molecule has 0 radical (unpaired) electrons. The van der Waals surface area contributed by atoms with E-state index in [0.717, 1.165) is 5.57 Å². The third kappa shape index (κ3) is 2.40. The molecule has 0 aromatic heterocycles. The predicted molar refractivity (Wildman–Crippen MR) is 30.3 cm³/mol. The lowest BCUT2D eigenvalue weighted by molar-refractivity contribution is -0.104. The lowest BCUT2D eigenvalue weighted by atomic mass is 10.3. The molecule has 0 bridgehead atoms. The Balaban J connectivity index is 3.98. The standard InChI is InChI=1S/C5H7ClO/c1-4(2)5(6)3-7/h3H,1-2H3. The van der Waals surface area contributed by atoms with Crippen molar-refractivity contribution in [3.05, 3.63) is 10.6 Å². The van der Waals surface area contributed by atoms with Gasteiger partial charge in [-0.3, -0.25) is 4.79 Å². The summed E-state index contributed by atoms with van der Waals surface area (Å²) >= 11 is 5.31. The smallest absolute Gasteiger partial charge is 0.161 e. The maximum atomic E-state index is 9.76. The average Bonchev–Trinajstić information content (AvgIpc) is 1.65. The number of carbonyl (C=O) groups excluding carboxylic acids is 1. The summed E-state index contributed by atoms with van der Waals surface area (Å²) in [7, 11) is 0. The van der Waals surface area contributed by atoms with E-state index in [1.54, 1.807) is 13.8 Å². The van der Waals surface area contributed by atoms with E-state index in [4.69, 9.17) is 11.6 Å². The molecule has 0 fully saturated rings. The molecular formula is C5H7ClO. The molecule has 0 heterocycles. The first-order valence-corrected chi connectivity index (χ1v) is 2.34. The SMILES string of the molecule is CC(C)=C(Cl)C=O. The van der Waals surface area contributed by atoms with Crippen LogP contribution in [0, 0.1) is 0 Å². The van der Waals surface area contributed by atoms with Gasteiger partial charge in [0.2, 0.25) is 0 Å². The summed E-state index contributed by atoms with van der Waals surface area (Å²) in [6.45, 7) is 3.58. The van der Waals surface area contributed by atoms with Gasteiger partial charge in [-0.15, -0.1) is 0 Å². The van der Waals surface area contributed by atoms with Crippen LogP contribution < -0.4 is 0 Å². The highest BCUT2D eigenvalue weighted by Crippen LogP contribution is 2.02. The van der Waals surface area contributed by atoms with Crippen LogP contribution in [-0.4, -0.2) is 6.29 Å². The van der Waals surface area contributed by atoms with Crippen LogP contribution >= 0.6 is 11.6 Å². The van der Waals surface area contributed by atoms with Gasteiger partial charge in [-0.25, -0.2) is 0 Å². The highest BCUT2D eigenvalue weighted by atomic mass is 35.5. The maximum Gasteiger partial charge on any atom is 0.161 e. The summed E-state index contributed by atoms with van der Waals surface area (Å²) in [4.78, 5) is 9.76. The molecule has 0 aromatic rings. The monoisotopic (exact) mass is 118 g/mol. The highest BCUT2D eigenvalue weighted by molar-refractivity contribution is 6.38. The van der Waals surface area contributed by atoms with Gasteiger partial charge in [0.25, 0.3) is 0 Å². The second-order valence-corrected chi connectivity index (χ2v) is 1.87. The molecule has 0 aromatic carbocycles. The number of carbonyl (C=O) groups is 1. The Kier molecular flexibility index (Phi) is 2.68. The minimum Gasteiger partial charge on any atom is -0.297 e. The van der Waals surface area contributed by atoms with Crippen LogP contribution in [0.3, 0.4) is 0 Å². The molecule has 0 amide bonds. The van der Waals surface area contributed by atoms with Gasteiger partial charge in [0.05, 0.1) is 5.03 Å². The van der Waals surface area contributed by atoms with E-state index >= 15 is 0 Å². The van der Waals surface area contributed by atoms with Gasteiger partial charge in [0, 0.05) is 0 Å². The molecule has 2 heteroatoms. The van der Waals surface area contributed by atoms with Crippen molar-refractivity contribution in [3.8, 4) is 0 Å². The Bertz CT molecular complexity index is 101. The Morgan fingerprint density at radius 2 is 2.00 bits per heavy atom. The molecule has 7 heavy (non-hydrogen) atoms. The first-order chi connectivity index (χ1) is 3.18. The summed E-state index contributed by atoms with van der Waals surface area (Å²) in [5, 5.41) is 0.306. The number of allylic oxidation sites excluding steroid dienone is 2. The van der Waals surface area contributed by atoms with E-state index in [0.29, 0.717) is 11.3 Å². The van der Waals surface area contributed by atoms with E-state index in [2.05, 4.69) is 0 Å². The summed E-state index contributed by atoms with van der Waals surface area (Å²) in [5.41, 5.74) is 0.858. The van der Waals surface area contributed by atoms with Crippen LogP contribution in [0.2, 0.25) is 0 Å². The van der Waals surface area contributed by atoms with Crippen molar-refractivity contribution in [3.63, 3.8) is 0 Å². The van der Waals surface area contributed by atoms with E-state index in [9.17, 15) is 4.79 Å². The molecule has 0 spiro atoms. The van der Waals surface area contributed by atoms with Crippen LogP contribution in [-0.2, 0) is 4.79 Å². The lowest BCUT2D eigenvalue weighted by Gasteiger charge is -1.84. The lowest BCUT2D eigenvalue weighted by Crippen LogP contribution is -1.74. The minimum absolute atomic E-state index is 0.306.